The highest BCUT2D eigenvalue weighted by atomic mass is 32.2. The Hall–Kier alpha value is -3.00. The molecule has 0 spiro atoms. The monoisotopic (exact) mass is 380 g/mol. The number of benzene rings is 2. The summed E-state index contributed by atoms with van der Waals surface area (Å²) >= 11 is 1.52. The van der Waals surface area contributed by atoms with Gasteiger partial charge in [-0.25, -0.2) is 4.98 Å². The largest absolute Gasteiger partial charge is 0.485 e. The van der Waals surface area contributed by atoms with Crippen LogP contribution in [0.5, 0.6) is 11.5 Å². The number of para-hydroxylation sites is 4. The molecule has 1 aliphatic heterocycles. The molecule has 4 aromatic rings. The van der Waals surface area contributed by atoms with Crippen molar-refractivity contribution in [1.82, 2.24) is 19.7 Å². The molecule has 136 valence electrons. The van der Waals surface area contributed by atoms with Gasteiger partial charge < -0.3 is 18.5 Å². The van der Waals surface area contributed by atoms with Crippen LogP contribution in [0, 0.1) is 0 Å². The van der Waals surface area contributed by atoms with Gasteiger partial charge >= 0.3 is 0 Å². The van der Waals surface area contributed by atoms with E-state index in [9.17, 15) is 0 Å². The third kappa shape index (κ3) is 3.02. The normalized spacial score (nSPS) is 16.0. The molecule has 0 bridgehead atoms. The minimum Gasteiger partial charge on any atom is -0.485 e. The number of oxazole rings is 1. The van der Waals surface area contributed by atoms with Crippen LogP contribution in [0.3, 0.4) is 0 Å². The summed E-state index contributed by atoms with van der Waals surface area (Å²) in [6.45, 7) is 0.402. The first-order valence-electron chi connectivity index (χ1n) is 8.53. The van der Waals surface area contributed by atoms with Crippen LogP contribution in [0.2, 0.25) is 0 Å². The van der Waals surface area contributed by atoms with Crippen molar-refractivity contribution in [3.8, 4) is 11.5 Å². The van der Waals surface area contributed by atoms with Gasteiger partial charge in [0.05, 0.1) is 5.75 Å². The Morgan fingerprint density at radius 3 is 2.78 bits per heavy atom. The highest BCUT2D eigenvalue weighted by Crippen LogP contribution is 2.36. The predicted octanol–water partition coefficient (Wildman–Crippen LogP) is 3.76. The van der Waals surface area contributed by atoms with Crippen LogP contribution in [-0.4, -0.2) is 26.4 Å². The summed E-state index contributed by atoms with van der Waals surface area (Å²) in [5.41, 5.74) is 1.65. The molecule has 7 nitrogen and oxygen atoms in total. The molecule has 0 saturated heterocycles. The number of thioether (sulfide) groups is 1. The Morgan fingerprint density at radius 2 is 1.89 bits per heavy atom. The average molecular weight is 380 g/mol. The highest BCUT2D eigenvalue weighted by Gasteiger charge is 2.27. The van der Waals surface area contributed by atoms with Crippen molar-refractivity contribution in [2.75, 3.05) is 6.61 Å². The zero-order valence-electron chi connectivity index (χ0n) is 14.5. The average Bonchev–Trinajstić information content (AvgIpc) is 3.29. The lowest BCUT2D eigenvalue weighted by molar-refractivity contribution is 0.0825. The third-order valence-electron chi connectivity index (χ3n) is 4.33. The van der Waals surface area contributed by atoms with Gasteiger partial charge in [0.2, 0.25) is 5.89 Å². The van der Waals surface area contributed by atoms with Gasteiger partial charge in [0, 0.05) is 7.05 Å². The zero-order chi connectivity index (χ0) is 18.2. The summed E-state index contributed by atoms with van der Waals surface area (Å²) in [5, 5.41) is 9.36. The number of ether oxygens (including phenoxy) is 2. The van der Waals surface area contributed by atoms with E-state index in [1.54, 1.807) is 0 Å². The molecule has 0 saturated carbocycles. The fraction of sp³-hybridized carbons (Fsp3) is 0.211. The van der Waals surface area contributed by atoms with E-state index < -0.39 is 0 Å². The molecule has 1 atom stereocenters. The van der Waals surface area contributed by atoms with Gasteiger partial charge in [0.1, 0.15) is 12.1 Å². The number of hydrogen-bond donors (Lipinski definition) is 0. The molecule has 0 aliphatic carbocycles. The van der Waals surface area contributed by atoms with Crippen molar-refractivity contribution in [3.63, 3.8) is 0 Å². The van der Waals surface area contributed by atoms with E-state index in [0.717, 1.165) is 33.6 Å². The lowest BCUT2D eigenvalue weighted by atomic mass is 10.2. The fourth-order valence-corrected chi connectivity index (χ4v) is 3.75. The van der Waals surface area contributed by atoms with Gasteiger partial charge in [0.15, 0.2) is 34.2 Å². The molecule has 0 amide bonds. The topological polar surface area (TPSA) is 75.2 Å². The van der Waals surface area contributed by atoms with Gasteiger partial charge in [-0.15, -0.1) is 10.2 Å². The molecule has 8 heteroatoms. The molecule has 5 rings (SSSR count). The number of fused-ring (bicyclic) bond motifs is 2. The van der Waals surface area contributed by atoms with Crippen molar-refractivity contribution in [2.45, 2.75) is 17.0 Å². The SMILES string of the molecule is Cn1c(SCc2nc3ccccc3o2)nnc1[C@@H]1COc2ccccc2O1. The van der Waals surface area contributed by atoms with E-state index in [0.29, 0.717) is 18.3 Å². The van der Waals surface area contributed by atoms with Crippen molar-refractivity contribution in [2.24, 2.45) is 7.05 Å². The van der Waals surface area contributed by atoms with E-state index in [1.807, 2.05) is 60.1 Å². The molecular weight excluding hydrogens is 364 g/mol. The van der Waals surface area contributed by atoms with Crippen LogP contribution >= 0.6 is 11.8 Å². The maximum atomic E-state index is 6.03. The second kappa shape index (κ2) is 6.62. The van der Waals surface area contributed by atoms with Gasteiger partial charge in [-0.2, -0.15) is 0 Å². The molecule has 3 heterocycles. The Morgan fingerprint density at radius 1 is 1.07 bits per heavy atom. The van der Waals surface area contributed by atoms with E-state index in [-0.39, 0.29) is 6.10 Å². The van der Waals surface area contributed by atoms with Gasteiger partial charge in [-0.3, -0.25) is 0 Å². The van der Waals surface area contributed by atoms with Crippen molar-refractivity contribution in [3.05, 3.63) is 60.2 Å². The van der Waals surface area contributed by atoms with Gasteiger partial charge in [-0.1, -0.05) is 36.0 Å². The van der Waals surface area contributed by atoms with Crippen LogP contribution in [0.25, 0.3) is 11.1 Å². The Balaban J connectivity index is 1.32. The van der Waals surface area contributed by atoms with E-state index in [4.69, 9.17) is 13.9 Å². The van der Waals surface area contributed by atoms with Crippen LogP contribution < -0.4 is 9.47 Å². The van der Waals surface area contributed by atoms with Gasteiger partial charge in [0.25, 0.3) is 0 Å². The van der Waals surface area contributed by atoms with E-state index in [2.05, 4.69) is 15.2 Å². The molecule has 0 N–H and O–H groups in total. The Kier molecular flexibility index (Phi) is 3.97. The van der Waals surface area contributed by atoms with Crippen molar-refractivity contribution < 1.29 is 13.9 Å². The minimum atomic E-state index is -0.295. The van der Waals surface area contributed by atoms with Crippen LogP contribution in [-0.2, 0) is 12.8 Å². The molecule has 0 fully saturated rings. The summed E-state index contributed by atoms with van der Waals surface area (Å²) in [5.74, 6) is 3.44. The fourth-order valence-electron chi connectivity index (χ4n) is 2.99. The summed E-state index contributed by atoms with van der Waals surface area (Å²) in [7, 11) is 1.92. The summed E-state index contributed by atoms with van der Waals surface area (Å²) in [6.07, 6.45) is -0.295. The number of hydrogen-bond acceptors (Lipinski definition) is 7. The third-order valence-corrected chi connectivity index (χ3v) is 5.33. The maximum absolute atomic E-state index is 6.03. The lowest BCUT2D eigenvalue weighted by Gasteiger charge is -2.25. The summed E-state index contributed by atoms with van der Waals surface area (Å²) in [6, 6.07) is 15.4. The van der Waals surface area contributed by atoms with Gasteiger partial charge in [-0.05, 0) is 24.3 Å². The Labute approximate surface area is 159 Å². The molecule has 2 aromatic heterocycles. The second-order valence-electron chi connectivity index (χ2n) is 6.13. The zero-order valence-corrected chi connectivity index (χ0v) is 15.3. The van der Waals surface area contributed by atoms with Crippen molar-refractivity contribution >= 4 is 22.9 Å². The first kappa shape index (κ1) is 16.2. The molecule has 1 aliphatic rings. The first-order chi connectivity index (χ1) is 13.3. The molecule has 0 radical (unpaired) electrons. The number of rotatable bonds is 4. The molecule has 2 aromatic carbocycles. The second-order valence-corrected chi connectivity index (χ2v) is 7.07. The lowest BCUT2D eigenvalue weighted by Crippen LogP contribution is -2.24. The van der Waals surface area contributed by atoms with Crippen LogP contribution in [0.15, 0.2) is 58.1 Å². The maximum Gasteiger partial charge on any atom is 0.205 e. The molecular formula is C19H16N4O3S. The quantitative estimate of drug-likeness (QED) is 0.499. The highest BCUT2D eigenvalue weighted by molar-refractivity contribution is 7.98. The first-order valence-corrected chi connectivity index (χ1v) is 9.51. The molecule has 0 unspecified atom stereocenters. The van der Waals surface area contributed by atoms with Crippen LogP contribution in [0.1, 0.15) is 17.8 Å². The predicted molar refractivity (Wildman–Crippen MR) is 99.9 cm³/mol. The smallest absolute Gasteiger partial charge is 0.205 e. The van der Waals surface area contributed by atoms with E-state index in [1.165, 1.54) is 11.8 Å². The van der Waals surface area contributed by atoms with Crippen LogP contribution in [0.4, 0.5) is 0 Å². The number of nitrogens with zero attached hydrogens (tertiary/aromatic N) is 4. The van der Waals surface area contributed by atoms with E-state index >= 15 is 0 Å². The Bertz CT molecular complexity index is 1070. The minimum absolute atomic E-state index is 0.295. The standard InChI is InChI=1S/C19H16N4O3S/c1-23-18(16-10-24-14-8-4-5-9-15(14)25-16)21-22-19(23)27-11-17-20-12-6-2-3-7-13(12)26-17/h2-9,16H,10-11H2,1H3/t16-/m0/s1. The summed E-state index contributed by atoms with van der Waals surface area (Å²) < 4.78 is 19.5. The van der Waals surface area contributed by atoms with Crippen molar-refractivity contribution in [1.29, 1.82) is 0 Å². The molecule has 27 heavy (non-hydrogen) atoms. The summed E-state index contributed by atoms with van der Waals surface area (Å²) in [4.78, 5) is 4.49. The number of aromatic nitrogens is 4.